The van der Waals surface area contributed by atoms with Gasteiger partial charge in [-0.05, 0) is 37.8 Å². The fourth-order valence-corrected chi connectivity index (χ4v) is 4.44. The highest BCUT2D eigenvalue weighted by Crippen LogP contribution is 2.30. The smallest absolute Gasteiger partial charge is 0.222 e. The molecular formula is C25H32N4O3. The summed E-state index contributed by atoms with van der Waals surface area (Å²) in [5, 5.41) is 1.21. The van der Waals surface area contributed by atoms with Gasteiger partial charge in [0.1, 0.15) is 5.82 Å². The van der Waals surface area contributed by atoms with E-state index in [4.69, 9.17) is 14.5 Å². The van der Waals surface area contributed by atoms with Crippen molar-refractivity contribution < 1.29 is 14.3 Å². The summed E-state index contributed by atoms with van der Waals surface area (Å²) in [6.07, 6.45) is 7.04. The molecule has 0 spiro atoms. The van der Waals surface area contributed by atoms with Crippen molar-refractivity contribution in [3.05, 3.63) is 59.3 Å². The van der Waals surface area contributed by atoms with Crippen LogP contribution in [-0.2, 0) is 27.3 Å². The van der Waals surface area contributed by atoms with Gasteiger partial charge in [0, 0.05) is 61.4 Å². The number of rotatable bonds is 9. The molecule has 1 fully saturated rings. The SMILES string of the molecule is COCCOCc1cnc(C)nc1C1CCN(C(=O)CCc2c[nH]c3ccccc23)CC1. The van der Waals surface area contributed by atoms with Crippen LogP contribution in [0, 0.1) is 6.92 Å². The van der Waals surface area contributed by atoms with E-state index in [1.807, 2.05) is 36.4 Å². The maximum Gasteiger partial charge on any atom is 0.222 e. The Kier molecular flexibility index (Phi) is 7.50. The molecule has 0 atom stereocenters. The number of hydrogen-bond acceptors (Lipinski definition) is 5. The quantitative estimate of drug-likeness (QED) is 0.517. The topological polar surface area (TPSA) is 80.3 Å². The molecule has 1 N–H and O–H groups in total. The Labute approximate surface area is 189 Å². The number of carbonyl (C=O) groups excluding carboxylic acids is 1. The van der Waals surface area contributed by atoms with Crippen molar-refractivity contribution in [3.8, 4) is 0 Å². The van der Waals surface area contributed by atoms with Crippen molar-refractivity contribution in [2.24, 2.45) is 0 Å². The average molecular weight is 437 g/mol. The van der Waals surface area contributed by atoms with Crippen LogP contribution in [0.1, 0.15) is 47.8 Å². The van der Waals surface area contributed by atoms with Gasteiger partial charge < -0.3 is 19.4 Å². The van der Waals surface area contributed by atoms with Crippen LogP contribution in [0.2, 0.25) is 0 Å². The summed E-state index contributed by atoms with van der Waals surface area (Å²) in [5.74, 6) is 1.34. The van der Waals surface area contributed by atoms with Crippen LogP contribution >= 0.6 is 0 Å². The summed E-state index contributed by atoms with van der Waals surface area (Å²) in [4.78, 5) is 27.2. The van der Waals surface area contributed by atoms with E-state index in [-0.39, 0.29) is 5.91 Å². The van der Waals surface area contributed by atoms with Crippen molar-refractivity contribution in [3.63, 3.8) is 0 Å². The Balaban J connectivity index is 1.31. The van der Waals surface area contributed by atoms with Gasteiger partial charge in [0.15, 0.2) is 0 Å². The number of likely N-dealkylation sites (tertiary alicyclic amines) is 1. The maximum atomic E-state index is 12.9. The Hall–Kier alpha value is -2.77. The fraction of sp³-hybridized carbons (Fsp3) is 0.480. The number of hydrogen-bond donors (Lipinski definition) is 1. The lowest BCUT2D eigenvalue weighted by Gasteiger charge is -2.32. The molecule has 0 bridgehead atoms. The molecule has 4 rings (SSSR count). The number of benzene rings is 1. The molecule has 32 heavy (non-hydrogen) atoms. The van der Waals surface area contributed by atoms with Crippen LogP contribution in [0.5, 0.6) is 0 Å². The number of aryl methyl sites for hydroxylation is 2. The molecule has 7 heteroatoms. The predicted molar refractivity (Wildman–Crippen MR) is 123 cm³/mol. The minimum atomic E-state index is 0.232. The number of nitrogens with one attached hydrogen (secondary N) is 1. The summed E-state index contributed by atoms with van der Waals surface area (Å²) in [5.41, 5.74) is 4.44. The van der Waals surface area contributed by atoms with Crippen molar-refractivity contribution >= 4 is 16.8 Å². The minimum absolute atomic E-state index is 0.232. The largest absolute Gasteiger partial charge is 0.382 e. The van der Waals surface area contributed by atoms with Crippen LogP contribution in [0.3, 0.4) is 0 Å². The number of aromatic nitrogens is 3. The molecule has 3 aromatic rings. The summed E-state index contributed by atoms with van der Waals surface area (Å²) < 4.78 is 10.8. The molecule has 0 radical (unpaired) electrons. The van der Waals surface area contributed by atoms with Crippen LogP contribution in [-0.4, -0.2) is 59.2 Å². The summed E-state index contributed by atoms with van der Waals surface area (Å²) in [6.45, 7) is 5.06. The van der Waals surface area contributed by atoms with E-state index in [9.17, 15) is 4.79 Å². The average Bonchev–Trinajstić information content (AvgIpc) is 3.24. The Bertz CT molecular complexity index is 1040. The van der Waals surface area contributed by atoms with E-state index in [2.05, 4.69) is 22.1 Å². The molecule has 1 saturated heterocycles. The van der Waals surface area contributed by atoms with Gasteiger partial charge >= 0.3 is 0 Å². The first-order valence-electron chi connectivity index (χ1n) is 11.4. The summed E-state index contributed by atoms with van der Waals surface area (Å²) in [6, 6.07) is 8.24. The van der Waals surface area contributed by atoms with Crippen LogP contribution in [0.4, 0.5) is 0 Å². The molecule has 0 saturated carbocycles. The molecule has 2 aromatic heterocycles. The van der Waals surface area contributed by atoms with Gasteiger partial charge in [-0.15, -0.1) is 0 Å². The lowest BCUT2D eigenvalue weighted by molar-refractivity contribution is -0.132. The molecular weight excluding hydrogens is 404 g/mol. The number of H-pyrrole nitrogens is 1. The second kappa shape index (κ2) is 10.7. The highest BCUT2D eigenvalue weighted by Gasteiger charge is 2.26. The second-order valence-electron chi connectivity index (χ2n) is 8.39. The number of fused-ring (bicyclic) bond motifs is 1. The molecule has 0 unspecified atom stereocenters. The number of nitrogens with zero attached hydrogens (tertiary/aromatic N) is 3. The number of piperidine rings is 1. The van der Waals surface area contributed by atoms with Gasteiger partial charge in [-0.3, -0.25) is 4.79 Å². The van der Waals surface area contributed by atoms with Crippen LogP contribution in [0.15, 0.2) is 36.7 Å². The lowest BCUT2D eigenvalue weighted by Crippen LogP contribution is -2.38. The molecule has 1 aromatic carbocycles. The van der Waals surface area contributed by atoms with Crippen LogP contribution in [0.25, 0.3) is 10.9 Å². The van der Waals surface area contributed by atoms with Gasteiger partial charge in [0.2, 0.25) is 5.91 Å². The molecule has 0 aliphatic carbocycles. The van der Waals surface area contributed by atoms with Gasteiger partial charge in [-0.25, -0.2) is 9.97 Å². The molecule has 170 valence electrons. The Morgan fingerprint density at radius 2 is 2.00 bits per heavy atom. The van der Waals surface area contributed by atoms with E-state index in [1.54, 1.807) is 7.11 Å². The predicted octanol–water partition coefficient (Wildman–Crippen LogP) is 3.77. The molecule has 1 aliphatic rings. The number of para-hydroxylation sites is 1. The zero-order chi connectivity index (χ0) is 22.3. The molecule has 1 aliphatic heterocycles. The van der Waals surface area contributed by atoms with Crippen LogP contribution < -0.4 is 0 Å². The van der Waals surface area contributed by atoms with E-state index in [0.717, 1.165) is 55.0 Å². The zero-order valence-corrected chi connectivity index (χ0v) is 19.0. The first-order valence-corrected chi connectivity index (χ1v) is 11.4. The third kappa shape index (κ3) is 5.34. The van der Waals surface area contributed by atoms with Crippen molar-refractivity contribution in [1.82, 2.24) is 19.9 Å². The minimum Gasteiger partial charge on any atom is -0.382 e. The van der Waals surface area contributed by atoms with Gasteiger partial charge in [-0.2, -0.15) is 0 Å². The van der Waals surface area contributed by atoms with E-state index >= 15 is 0 Å². The van der Waals surface area contributed by atoms with Crippen molar-refractivity contribution in [2.45, 2.75) is 45.1 Å². The lowest BCUT2D eigenvalue weighted by atomic mass is 9.90. The third-order valence-electron chi connectivity index (χ3n) is 6.23. The van der Waals surface area contributed by atoms with Crippen molar-refractivity contribution in [1.29, 1.82) is 0 Å². The molecule has 1 amide bonds. The van der Waals surface area contributed by atoms with Gasteiger partial charge in [-0.1, -0.05) is 18.2 Å². The van der Waals surface area contributed by atoms with E-state index in [0.29, 0.717) is 32.2 Å². The maximum absolute atomic E-state index is 12.9. The number of aromatic amines is 1. The van der Waals surface area contributed by atoms with Gasteiger partial charge in [0.25, 0.3) is 0 Å². The highest BCUT2D eigenvalue weighted by atomic mass is 16.5. The fourth-order valence-electron chi connectivity index (χ4n) is 4.44. The summed E-state index contributed by atoms with van der Waals surface area (Å²) in [7, 11) is 1.67. The second-order valence-corrected chi connectivity index (χ2v) is 8.39. The Morgan fingerprint density at radius 3 is 2.81 bits per heavy atom. The number of methoxy groups -OCH3 is 1. The Morgan fingerprint density at radius 1 is 1.19 bits per heavy atom. The summed E-state index contributed by atoms with van der Waals surface area (Å²) >= 11 is 0. The highest BCUT2D eigenvalue weighted by molar-refractivity contribution is 5.84. The molecule has 7 nitrogen and oxygen atoms in total. The number of amides is 1. The molecule has 3 heterocycles. The first kappa shape index (κ1) is 22.4. The van der Waals surface area contributed by atoms with Crippen molar-refractivity contribution in [2.75, 3.05) is 33.4 Å². The van der Waals surface area contributed by atoms with E-state index in [1.165, 1.54) is 10.9 Å². The van der Waals surface area contributed by atoms with Gasteiger partial charge in [0.05, 0.1) is 25.5 Å². The monoisotopic (exact) mass is 436 g/mol. The standard InChI is InChI=1S/C25H32N4O3/c1-18-26-16-21(17-32-14-13-31-2)25(28-18)19-9-11-29(12-10-19)24(30)8-7-20-15-27-23-6-4-3-5-22(20)23/h3-6,15-16,19,27H,7-14,17H2,1-2H3. The normalized spacial score (nSPS) is 14.9. The third-order valence-corrected chi connectivity index (χ3v) is 6.23. The number of ether oxygens (including phenoxy) is 2. The zero-order valence-electron chi connectivity index (χ0n) is 19.0. The first-order chi connectivity index (χ1) is 15.7. The van der Waals surface area contributed by atoms with E-state index < -0.39 is 0 Å². The number of carbonyl (C=O) groups is 1.